The minimum atomic E-state index is -0.153. The van der Waals surface area contributed by atoms with Gasteiger partial charge in [-0.25, -0.2) is 0 Å². The van der Waals surface area contributed by atoms with Crippen LogP contribution in [-0.2, 0) is 19.0 Å². The summed E-state index contributed by atoms with van der Waals surface area (Å²) in [6.07, 6.45) is 9.84. The number of carbonyl (C=O) groups excluding carboxylic acids is 1. The number of aliphatic hydroxyl groups excluding tert-OH is 1. The second kappa shape index (κ2) is 8.45. The number of carbonyl (C=O) groups is 1. The Bertz CT molecular complexity index is 455. The van der Waals surface area contributed by atoms with Gasteiger partial charge in [-0.3, -0.25) is 4.79 Å². The summed E-state index contributed by atoms with van der Waals surface area (Å²) in [5, 5.41) is 9.88. The standard InChI is InChI=1S/C19H30O5/c1-22-18(21)6-4-5-13-9-14-11-17(16(12-20)15(14)10-13)24-19-7-2-3-8-23-19/h5,14-17,19-20H,2-4,6-12H2,1H3/b13-5-/t14-,15-,16+,17+,19?/m0/s1. The van der Waals surface area contributed by atoms with E-state index < -0.39 is 0 Å². The minimum Gasteiger partial charge on any atom is -0.469 e. The molecule has 0 aromatic heterocycles. The molecule has 5 atom stereocenters. The molecule has 3 aliphatic rings. The number of allylic oxidation sites excluding steroid dienone is 2. The Morgan fingerprint density at radius 2 is 2.25 bits per heavy atom. The smallest absolute Gasteiger partial charge is 0.305 e. The number of hydrogen-bond acceptors (Lipinski definition) is 5. The highest BCUT2D eigenvalue weighted by atomic mass is 16.7. The first-order valence-electron chi connectivity index (χ1n) is 9.34. The molecule has 1 unspecified atom stereocenters. The molecule has 136 valence electrons. The van der Waals surface area contributed by atoms with E-state index in [-0.39, 0.29) is 30.9 Å². The molecule has 5 heteroatoms. The molecule has 0 spiro atoms. The van der Waals surface area contributed by atoms with Gasteiger partial charge in [-0.15, -0.1) is 0 Å². The Kier molecular flexibility index (Phi) is 6.31. The fourth-order valence-electron chi connectivity index (χ4n) is 4.63. The maximum atomic E-state index is 11.2. The van der Waals surface area contributed by atoms with Gasteiger partial charge in [-0.05, 0) is 56.8 Å². The van der Waals surface area contributed by atoms with Crippen molar-refractivity contribution in [3.63, 3.8) is 0 Å². The molecule has 2 saturated carbocycles. The van der Waals surface area contributed by atoms with Crippen molar-refractivity contribution in [3.05, 3.63) is 11.6 Å². The lowest BCUT2D eigenvalue weighted by Crippen LogP contribution is -2.32. The van der Waals surface area contributed by atoms with Gasteiger partial charge in [-0.1, -0.05) is 11.6 Å². The molecule has 0 amide bonds. The highest BCUT2D eigenvalue weighted by molar-refractivity contribution is 5.69. The lowest BCUT2D eigenvalue weighted by atomic mass is 9.92. The highest BCUT2D eigenvalue weighted by Crippen LogP contribution is 2.51. The zero-order chi connectivity index (χ0) is 16.9. The third kappa shape index (κ3) is 4.19. The third-order valence-corrected chi connectivity index (χ3v) is 5.87. The van der Waals surface area contributed by atoms with Crippen LogP contribution in [0.4, 0.5) is 0 Å². The Labute approximate surface area is 144 Å². The highest BCUT2D eigenvalue weighted by Gasteiger charge is 2.47. The third-order valence-electron chi connectivity index (χ3n) is 5.87. The molecule has 0 aromatic rings. The summed E-state index contributed by atoms with van der Waals surface area (Å²) in [6, 6.07) is 0. The first-order valence-corrected chi connectivity index (χ1v) is 9.34. The first kappa shape index (κ1) is 17.9. The van der Waals surface area contributed by atoms with E-state index in [1.165, 1.54) is 19.1 Å². The molecule has 24 heavy (non-hydrogen) atoms. The van der Waals surface area contributed by atoms with E-state index in [1.807, 2.05) is 0 Å². The molecule has 1 saturated heterocycles. The lowest BCUT2D eigenvalue weighted by molar-refractivity contribution is -0.198. The fourth-order valence-corrected chi connectivity index (χ4v) is 4.63. The molecular weight excluding hydrogens is 308 g/mol. The minimum absolute atomic E-state index is 0.0771. The largest absolute Gasteiger partial charge is 0.469 e. The summed E-state index contributed by atoms with van der Waals surface area (Å²) in [5.74, 6) is 1.17. The van der Waals surface area contributed by atoms with Crippen molar-refractivity contribution in [3.8, 4) is 0 Å². The number of fused-ring (bicyclic) bond motifs is 1. The maximum Gasteiger partial charge on any atom is 0.305 e. The number of ether oxygens (including phenoxy) is 3. The predicted molar refractivity (Wildman–Crippen MR) is 89.2 cm³/mol. The average Bonchev–Trinajstić information content (AvgIpc) is 3.12. The average molecular weight is 338 g/mol. The van der Waals surface area contributed by atoms with E-state index in [0.29, 0.717) is 18.3 Å². The molecule has 0 bridgehead atoms. The van der Waals surface area contributed by atoms with Gasteiger partial charge >= 0.3 is 5.97 Å². The van der Waals surface area contributed by atoms with Crippen molar-refractivity contribution in [2.75, 3.05) is 20.3 Å². The molecule has 1 aliphatic heterocycles. The number of hydrogen-bond donors (Lipinski definition) is 1. The van der Waals surface area contributed by atoms with Crippen LogP contribution in [0.5, 0.6) is 0 Å². The van der Waals surface area contributed by atoms with Crippen LogP contribution in [0.15, 0.2) is 11.6 Å². The van der Waals surface area contributed by atoms with Gasteiger partial charge in [0, 0.05) is 25.6 Å². The van der Waals surface area contributed by atoms with Crippen LogP contribution in [-0.4, -0.2) is 43.8 Å². The van der Waals surface area contributed by atoms with Crippen molar-refractivity contribution < 1.29 is 24.1 Å². The van der Waals surface area contributed by atoms with Gasteiger partial charge in [0.1, 0.15) is 0 Å². The number of esters is 1. The predicted octanol–water partition coefficient (Wildman–Crippen LogP) is 2.82. The number of aliphatic hydroxyl groups is 1. The maximum absolute atomic E-state index is 11.2. The summed E-state index contributed by atoms with van der Waals surface area (Å²) < 4.78 is 16.6. The summed E-state index contributed by atoms with van der Waals surface area (Å²) >= 11 is 0. The van der Waals surface area contributed by atoms with Gasteiger partial charge in [0.2, 0.25) is 0 Å². The second-order valence-electron chi connectivity index (χ2n) is 7.36. The van der Waals surface area contributed by atoms with Crippen molar-refractivity contribution in [1.29, 1.82) is 0 Å². The van der Waals surface area contributed by atoms with Gasteiger partial charge in [0.25, 0.3) is 0 Å². The topological polar surface area (TPSA) is 65.0 Å². The number of methoxy groups -OCH3 is 1. The molecule has 1 N–H and O–H groups in total. The van der Waals surface area contributed by atoms with Gasteiger partial charge in [0.15, 0.2) is 6.29 Å². The van der Waals surface area contributed by atoms with E-state index >= 15 is 0 Å². The van der Waals surface area contributed by atoms with E-state index in [2.05, 4.69) is 10.8 Å². The lowest BCUT2D eigenvalue weighted by Gasteiger charge is -2.29. The zero-order valence-electron chi connectivity index (χ0n) is 14.6. The first-order chi connectivity index (χ1) is 11.7. The Morgan fingerprint density at radius 3 is 2.96 bits per heavy atom. The van der Waals surface area contributed by atoms with E-state index in [1.54, 1.807) is 0 Å². The van der Waals surface area contributed by atoms with Crippen LogP contribution < -0.4 is 0 Å². The van der Waals surface area contributed by atoms with Crippen molar-refractivity contribution in [1.82, 2.24) is 0 Å². The van der Waals surface area contributed by atoms with Crippen molar-refractivity contribution >= 4 is 5.97 Å². The molecular formula is C19H30O5. The molecule has 0 radical (unpaired) electrons. The molecule has 3 rings (SSSR count). The molecule has 1 heterocycles. The molecule has 0 aromatic carbocycles. The van der Waals surface area contributed by atoms with Crippen LogP contribution in [0.2, 0.25) is 0 Å². The molecule has 3 fully saturated rings. The van der Waals surface area contributed by atoms with Crippen LogP contribution in [0.3, 0.4) is 0 Å². The summed E-state index contributed by atoms with van der Waals surface area (Å²) in [6.45, 7) is 0.981. The summed E-state index contributed by atoms with van der Waals surface area (Å²) in [4.78, 5) is 11.2. The van der Waals surface area contributed by atoms with Crippen molar-refractivity contribution in [2.45, 2.75) is 63.8 Å². The monoisotopic (exact) mass is 338 g/mol. The molecule has 2 aliphatic carbocycles. The van der Waals surface area contributed by atoms with Crippen LogP contribution >= 0.6 is 0 Å². The van der Waals surface area contributed by atoms with Crippen LogP contribution in [0.1, 0.15) is 51.4 Å². The van der Waals surface area contributed by atoms with E-state index in [0.717, 1.165) is 45.1 Å². The SMILES string of the molecule is COC(=O)CC/C=C1/C[C@H]2C[C@@H](OC3CCCCO3)[C@H](CO)[C@H]2C1. The Balaban J connectivity index is 1.51. The van der Waals surface area contributed by atoms with Gasteiger partial charge in [-0.2, -0.15) is 0 Å². The van der Waals surface area contributed by atoms with Crippen LogP contribution in [0, 0.1) is 17.8 Å². The normalized spacial score (nSPS) is 37.6. The van der Waals surface area contributed by atoms with Gasteiger partial charge in [0.05, 0.1) is 13.2 Å². The Morgan fingerprint density at radius 1 is 1.38 bits per heavy atom. The summed E-state index contributed by atoms with van der Waals surface area (Å²) in [5.41, 5.74) is 1.43. The van der Waals surface area contributed by atoms with Gasteiger partial charge < -0.3 is 19.3 Å². The van der Waals surface area contributed by atoms with Crippen LogP contribution in [0.25, 0.3) is 0 Å². The molecule has 5 nitrogen and oxygen atoms in total. The summed E-state index contributed by atoms with van der Waals surface area (Å²) in [7, 11) is 1.43. The fraction of sp³-hybridized carbons (Fsp3) is 0.842. The van der Waals surface area contributed by atoms with E-state index in [9.17, 15) is 9.90 Å². The Hall–Kier alpha value is -0.910. The van der Waals surface area contributed by atoms with Crippen molar-refractivity contribution in [2.24, 2.45) is 17.8 Å². The second-order valence-corrected chi connectivity index (χ2v) is 7.36. The zero-order valence-corrected chi connectivity index (χ0v) is 14.6. The number of rotatable bonds is 6. The van der Waals surface area contributed by atoms with E-state index in [4.69, 9.17) is 9.47 Å². The quantitative estimate of drug-likeness (QED) is 0.596.